The van der Waals surface area contributed by atoms with Crippen molar-refractivity contribution in [2.24, 2.45) is 17.8 Å². The zero-order valence-corrected chi connectivity index (χ0v) is 9.64. The van der Waals surface area contributed by atoms with Gasteiger partial charge in [0.15, 0.2) is 5.96 Å². The first-order chi connectivity index (χ1) is 7.15. The summed E-state index contributed by atoms with van der Waals surface area (Å²) >= 11 is 0. The van der Waals surface area contributed by atoms with Crippen molar-refractivity contribution in [2.45, 2.75) is 19.9 Å². The van der Waals surface area contributed by atoms with Crippen molar-refractivity contribution in [2.75, 3.05) is 13.6 Å². The van der Waals surface area contributed by atoms with Crippen molar-refractivity contribution >= 4 is 5.96 Å². The molecule has 0 fully saturated rings. The minimum absolute atomic E-state index is 0.569. The standard InChI is InChI=1S/C10H19N5/c1-4-5-13-10(11)15(3)8-9-12-6-7-14(9)2/h6-7H,4-5,8H2,1-3H3,(H2,11,13). The second kappa shape index (κ2) is 5.38. The van der Waals surface area contributed by atoms with E-state index in [0.717, 1.165) is 18.8 Å². The smallest absolute Gasteiger partial charge is 0.191 e. The van der Waals surface area contributed by atoms with Gasteiger partial charge in [0, 0.05) is 33.0 Å². The highest BCUT2D eigenvalue weighted by Gasteiger charge is 2.05. The Balaban J connectivity index is 2.55. The lowest BCUT2D eigenvalue weighted by Gasteiger charge is -2.17. The zero-order valence-electron chi connectivity index (χ0n) is 9.64. The van der Waals surface area contributed by atoms with Crippen molar-refractivity contribution in [3.05, 3.63) is 18.2 Å². The number of guanidine groups is 1. The molecule has 0 saturated heterocycles. The second-order valence-corrected chi connectivity index (χ2v) is 3.55. The van der Waals surface area contributed by atoms with Crippen LogP contribution in [0.2, 0.25) is 0 Å². The molecule has 1 aromatic rings. The Morgan fingerprint density at radius 2 is 2.40 bits per heavy atom. The van der Waals surface area contributed by atoms with E-state index in [2.05, 4.69) is 16.9 Å². The highest BCUT2D eigenvalue weighted by molar-refractivity contribution is 5.77. The molecule has 0 aromatic carbocycles. The molecule has 0 saturated carbocycles. The van der Waals surface area contributed by atoms with Crippen molar-refractivity contribution in [3.63, 3.8) is 0 Å². The van der Waals surface area contributed by atoms with Crippen LogP contribution in [0, 0.1) is 0 Å². The third kappa shape index (κ3) is 3.27. The molecule has 2 N–H and O–H groups in total. The summed E-state index contributed by atoms with van der Waals surface area (Å²) in [5.74, 6) is 1.55. The Labute approximate surface area is 90.6 Å². The molecule has 0 atom stereocenters. The fourth-order valence-electron chi connectivity index (χ4n) is 1.19. The van der Waals surface area contributed by atoms with Gasteiger partial charge in [-0.1, -0.05) is 6.92 Å². The number of nitrogens with two attached hydrogens (primary N) is 1. The third-order valence-corrected chi connectivity index (χ3v) is 2.19. The molecule has 1 aromatic heterocycles. The topological polar surface area (TPSA) is 59.4 Å². The monoisotopic (exact) mass is 209 g/mol. The maximum absolute atomic E-state index is 5.81. The molecular formula is C10H19N5. The fourth-order valence-corrected chi connectivity index (χ4v) is 1.19. The Morgan fingerprint density at radius 3 is 2.93 bits per heavy atom. The van der Waals surface area contributed by atoms with Gasteiger partial charge in [0.2, 0.25) is 0 Å². The van der Waals surface area contributed by atoms with Crippen molar-refractivity contribution in [1.29, 1.82) is 0 Å². The van der Waals surface area contributed by atoms with Gasteiger partial charge in [0.25, 0.3) is 0 Å². The van der Waals surface area contributed by atoms with Crippen LogP contribution in [0.5, 0.6) is 0 Å². The number of hydrogen-bond acceptors (Lipinski definition) is 2. The summed E-state index contributed by atoms with van der Waals surface area (Å²) in [6.45, 7) is 3.54. The lowest BCUT2D eigenvalue weighted by Crippen LogP contribution is -2.34. The molecule has 15 heavy (non-hydrogen) atoms. The molecule has 5 heteroatoms. The van der Waals surface area contributed by atoms with E-state index in [1.807, 2.05) is 29.8 Å². The molecule has 0 amide bonds. The molecule has 1 heterocycles. The predicted molar refractivity (Wildman–Crippen MR) is 61.5 cm³/mol. The molecule has 0 aliphatic rings. The Kier molecular flexibility index (Phi) is 4.15. The molecule has 0 aliphatic heterocycles. The van der Waals surface area contributed by atoms with E-state index in [4.69, 9.17) is 5.73 Å². The average molecular weight is 209 g/mol. The van der Waals surface area contributed by atoms with Crippen LogP contribution in [-0.4, -0.2) is 34.0 Å². The van der Waals surface area contributed by atoms with Crippen LogP contribution < -0.4 is 5.73 Å². The SMILES string of the molecule is CCCN=C(N)N(C)Cc1nccn1C. The van der Waals surface area contributed by atoms with Crippen molar-refractivity contribution < 1.29 is 0 Å². The number of aryl methyl sites for hydroxylation is 1. The first-order valence-corrected chi connectivity index (χ1v) is 5.12. The summed E-state index contributed by atoms with van der Waals surface area (Å²) in [7, 11) is 3.89. The molecule has 0 aliphatic carbocycles. The van der Waals surface area contributed by atoms with Gasteiger partial charge in [-0.2, -0.15) is 0 Å². The van der Waals surface area contributed by atoms with Crippen LogP contribution in [0.3, 0.4) is 0 Å². The molecular weight excluding hydrogens is 190 g/mol. The van der Waals surface area contributed by atoms with Crippen LogP contribution in [0.1, 0.15) is 19.2 Å². The average Bonchev–Trinajstić information content (AvgIpc) is 2.61. The maximum Gasteiger partial charge on any atom is 0.191 e. The lowest BCUT2D eigenvalue weighted by atomic mass is 10.5. The van der Waals surface area contributed by atoms with Crippen LogP contribution in [0.4, 0.5) is 0 Å². The fraction of sp³-hybridized carbons (Fsp3) is 0.600. The van der Waals surface area contributed by atoms with E-state index in [0.29, 0.717) is 12.5 Å². The number of imidazole rings is 1. The van der Waals surface area contributed by atoms with Gasteiger partial charge in [-0.25, -0.2) is 4.98 Å². The summed E-state index contributed by atoms with van der Waals surface area (Å²) in [6.07, 6.45) is 4.71. The summed E-state index contributed by atoms with van der Waals surface area (Å²) < 4.78 is 1.98. The van der Waals surface area contributed by atoms with Gasteiger partial charge < -0.3 is 15.2 Å². The first-order valence-electron chi connectivity index (χ1n) is 5.12. The quantitative estimate of drug-likeness (QED) is 0.583. The third-order valence-electron chi connectivity index (χ3n) is 2.19. The van der Waals surface area contributed by atoms with Crippen LogP contribution >= 0.6 is 0 Å². The van der Waals surface area contributed by atoms with Crippen molar-refractivity contribution in [1.82, 2.24) is 14.5 Å². The molecule has 1 rings (SSSR count). The number of hydrogen-bond donors (Lipinski definition) is 1. The van der Waals surface area contributed by atoms with Gasteiger partial charge in [-0.3, -0.25) is 4.99 Å². The van der Waals surface area contributed by atoms with E-state index in [9.17, 15) is 0 Å². The second-order valence-electron chi connectivity index (χ2n) is 3.55. The lowest BCUT2D eigenvalue weighted by molar-refractivity contribution is 0.466. The normalized spacial score (nSPS) is 11.8. The molecule has 5 nitrogen and oxygen atoms in total. The van der Waals surface area contributed by atoms with E-state index >= 15 is 0 Å². The Bertz CT molecular complexity index is 328. The van der Waals surface area contributed by atoms with E-state index in [-0.39, 0.29) is 0 Å². The Morgan fingerprint density at radius 1 is 1.67 bits per heavy atom. The van der Waals surface area contributed by atoms with E-state index < -0.39 is 0 Å². The summed E-state index contributed by atoms with van der Waals surface area (Å²) in [6, 6.07) is 0. The van der Waals surface area contributed by atoms with Crippen molar-refractivity contribution in [3.8, 4) is 0 Å². The first kappa shape index (κ1) is 11.6. The zero-order chi connectivity index (χ0) is 11.3. The number of aromatic nitrogens is 2. The van der Waals surface area contributed by atoms with Crippen LogP contribution in [0.25, 0.3) is 0 Å². The molecule has 0 bridgehead atoms. The van der Waals surface area contributed by atoms with Gasteiger partial charge >= 0.3 is 0 Å². The largest absolute Gasteiger partial charge is 0.370 e. The summed E-state index contributed by atoms with van der Waals surface area (Å²) in [5, 5.41) is 0. The van der Waals surface area contributed by atoms with Crippen LogP contribution in [-0.2, 0) is 13.6 Å². The maximum atomic E-state index is 5.81. The van der Waals surface area contributed by atoms with Gasteiger partial charge in [-0.15, -0.1) is 0 Å². The molecule has 0 unspecified atom stereocenters. The number of rotatable bonds is 4. The van der Waals surface area contributed by atoms with E-state index in [1.54, 1.807) is 6.20 Å². The predicted octanol–water partition coefficient (Wildman–Crippen LogP) is 0.577. The summed E-state index contributed by atoms with van der Waals surface area (Å²) in [5.41, 5.74) is 5.81. The Hall–Kier alpha value is -1.52. The summed E-state index contributed by atoms with van der Waals surface area (Å²) in [4.78, 5) is 10.4. The number of aliphatic imine (C=N–C) groups is 1. The van der Waals surface area contributed by atoms with Gasteiger partial charge in [0.05, 0.1) is 6.54 Å². The molecule has 0 radical (unpaired) electrons. The number of nitrogens with zero attached hydrogens (tertiary/aromatic N) is 4. The van der Waals surface area contributed by atoms with Crippen LogP contribution in [0.15, 0.2) is 17.4 Å². The van der Waals surface area contributed by atoms with Gasteiger partial charge in [-0.05, 0) is 6.42 Å². The highest BCUT2D eigenvalue weighted by atomic mass is 15.2. The van der Waals surface area contributed by atoms with E-state index in [1.165, 1.54) is 0 Å². The molecule has 84 valence electrons. The minimum Gasteiger partial charge on any atom is -0.370 e. The highest BCUT2D eigenvalue weighted by Crippen LogP contribution is 1.98. The minimum atomic E-state index is 0.569. The molecule has 0 spiro atoms. The van der Waals surface area contributed by atoms with Gasteiger partial charge in [0.1, 0.15) is 5.82 Å².